The zero-order valence-electron chi connectivity index (χ0n) is 10.2. The molecule has 1 rings (SSSR count). The number of hydrogen-bond acceptors (Lipinski definition) is 5. The van der Waals surface area contributed by atoms with Gasteiger partial charge in [-0.1, -0.05) is 6.07 Å². The summed E-state index contributed by atoms with van der Waals surface area (Å²) in [6.45, 7) is 1.96. The Morgan fingerprint density at radius 1 is 1.50 bits per heavy atom. The minimum Gasteiger partial charge on any atom is -0.481 e. The smallest absolute Gasteiger partial charge is 0.303 e. The third-order valence-electron chi connectivity index (χ3n) is 2.56. The van der Waals surface area contributed by atoms with Crippen molar-refractivity contribution in [1.29, 1.82) is 0 Å². The highest BCUT2D eigenvalue weighted by Gasteiger charge is 2.22. The molecule has 0 fully saturated rings. The highest BCUT2D eigenvalue weighted by Crippen LogP contribution is 2.24. The molecular weight excluding hydrogens is 254 g/mol. The third-order valence-corrected chi connectivity index (χ3v) is 3.50. The standard InChI is InChI=1S/C12H19NO4S/c1-8(14)7-13-9(4-5-11(15)16)12(17)10-3-2-6-18-10/h2-3,6,8-9,12-14,17H,4-5,7H2,1H3,(H,15,16). The summed E-state index contributed by atoms with van der Waals surface area (Å²) in [5, 5.41) is 33.0. The molecule has 102 valence electrons. The highest BCUT2D eigenvalue weighted by molar-refractivity contribution is 7.10. The molecule has 0 radical (unpaired) electrons. The monoisotopic (exact) mass is 273 g/mol. The van der Waals surface area contributed by atoms with Gasteiger partial charge >= 0.3 is 5.97 Å². The number of rotatable bonds is 8. The minimum absolute atomic E-state index is 0.0140. The molecule has 0 bridgehead atoms. The highest BCUT2D eigenvalue weighted by atomic mass is 32.1. The van der Waals surface area contributed by atoms with Gasteiger partial charge < -0.3 is 20.6 Å². The molecule has 1 aromatic rings. The molecule has 0 spiro atoms. The van der Waals surface area contributed by atoms with Crippen LogP contribution in [0.3, 0.4) is 0 Å². The van der Waals surface area contributed by atoms with Gasteiger partial charge in [-0.05, 0) is 24.8 Å². The molecule has 0 saturated heterocycles. The molecule has 1 heterocycles. The van der Waals surface area contributed by atoms with Crippen molar-refractivity contribution in [2.45, 2.75) is 38.0 Å². The fraction of sp³-hybridized carbons (Fsp3) is 0.583. The molecule has 0 aliphatic rings. The van der Waals surface area contributed by atoms with Crippen molar-refractivity contribution >= 4 is 17.3 Å². The Kier molecular flexibility index (Phi) is 6.28. The van der Waals surface area contributed by atoms with Crippen LogP contribution >= 0.6 is 11.3 Å². The lowest BCUT2D eigenvalue weighted by atomic mass is 10.0. The first kappa shape index (κ1) is 15.1. The number of carbonyl (C=O) groups is 1. The van der Waals surface area contributed by atoms with Crippen molar-refractivity contribution in [2.24, 2.45) is 0 Å². The number of carboxylic acid groups (broad SMARTS) is 1. The second-order valence-corrected chi connectivity index (χ2v) is 5.24. The van der Waals surface area contributed by atoms with Gasteiger partial charge in [-0.15, -0.1) is 11.3 Å². The normalized spacial score (nSPS) is 16.2. The quantitative estimate of drug-likeness (QED) is 0.567. The molecule has 0 saturated carbocycles. The number of aliphatic carboxylic acids is 1. The van der Waals surface area contributed by atoms with Gasteiger partial charge in [0.2, 0.25) is 0 Å². The van der Waals surface area contributed by atoms with Crippen LogP contribution in [0.4, 0.5) is 0 Å². The van der Waals surface area contributed by atoms with E-state index in [0.717, 1.165) is 4.88 Å². The molecule has 1 aromatic heterocycles. The van der Waals surface area contributed by atoms with Gasteiger partial charge in [0.1, 0.15) is 6.10 Å². The summed E-state index contributed by atoms with van der Waals surface area (Å²) >= 11 is 1.43. The first-order valence-electron chi connectivity index (χ1n) is 5.85. The number of aliphatic hydroxyl groups is 2. The van der Waals surface area contributed by atoms with Gasteiger partial charge in [-0.2, -0.15) is 0 Å². The summed E-state index contributed by atoms with van der Waals surface area (Å²) in [5.41, 5.74) is 0. The van der Waals surface area contributed by atoms with Crippen LogP contribution in [0.5, 0.6) is 0 Å². The van der Waals surface area contributed by atoms with Crippen LogP contribution in [0.1, 0.15) is 30.7 Å². The van der Waals surface area contributed by atoms with E-state index < -0.39 is 18.2 Å². The van der Waals surface area contributed by atoms with E-state index in [1.807, 2.05) is 17.5 Å². The predicted molar refractivity (Wildman–Crippen MR) is 69.6 cm³/mol. The largest absolute Gasteiger partial charge is 0.481 e. The number of nitrogens with one attached hydrogen (secondary N) is 1. The Bertz CT molecular complexity index is 353. The van der Waals surface area contributed by atoms with Crippen molar-refractivity contribution in [3.05, 3.63) is 22.4 Å². The van der Waals surface area contributed by atoms with E-state index in [0.29, 0.717) is 13.0 Å². The second kappa shape index (κ2) is 7.48. The lowest BCUT2D eigenvalue weighted by Gasteiger charge is -2.23. The van der Waals surface area contributed by atoms with E-state index >= 15 is 0 Å². The van der Waals surface area contributed by atoms with Gasteiger partial charge in [0.05, 0.1) is 6.10 Å². The Morgan fingerprint density at radius 2 is 2.22 bits per heavy atom. The SMILES string of the molecule is CC(O)CNC(CCC(=O)O)C(O)c1cccs1. The average Bonchev–Trinajstić information content (AvgIpc) is 2.81. The molecule has 18 heavy (non-hydrogen) atoms. The molecule has 4 N–H and O–H groups in total. The van der Waals surface area contributed by atoms with E-state index in [4.69, 9.17) is 5.11 Å². The predicted octanol–water partition coefficient (Wildman–Crippen LogP) is 0.985. The van der Waals surface area contributed by atoms with Crippen LogP contribution in [0, 0.1) is 0 Å². The molecule has 6 heteroatoms. The van der Waals surface area contributed by atoms with Gasteiger partial charge in [0.15, 0.2) is 0 Å². The summed E-state index contributed by atoms with van der Waals surface area (Å²) in [6.07, 6.45) is -0.975. The van der Waals surface area contributed by atoms with E-state index in [1.54, 1.807) is 6.92 Å². The first-order chi connectivity index (χ1) is 8.50. The van der Waals surface area contributed by atoms with Gasteiger partial charge in [-0.3, -0.25) is 4.79 Å². The summed E-state index contributed by atoms with van der Waals surface area (Å²) in [4.78, 5) is 11.4. The second-order valence-electron chi connectivity index (χ2n) is 4.26. The van der Waals surface area contributed by atoms with Crippen LogP contribution in [0.2, 0.25) is 0 Å². The third kappa shape index (κ3) is 5.14. The molecule has 5 nitrogen and oxygen atoms in total. The number of carboxylic acids is 1. The summed E-state index contributed by atoms with van der Waals surface area (Å²) in [5.74, 6) is -0.891. The average molecular weight is 273 g/mol. The molecule has 0 amide bonds. The summed E-state index contributed by atoms with van der Waals surface area (Å²) in [7, 11) is 0. The zero-order chi connectivity index (χ0) is 13.5. The Balaban J connectivity index is 2.60. The lowest BCUT2D eigenvalue weighted by molar-refractivity contribution is -0.137. The van der Waals surface area contributed by atoms with Crippen molar-refractivity contribution < 1.29 is 20.1 Å². The Labute approximate surface area is 110 Å². The van der Waals surface area contributed by atoms with Crippen LogP contribution in [0.15, 0.2) is 17.5 Å². The first-order valence-corrected chi connectivity index (χ1v) is 6.73. The van der Waals surface area contributed by atoms with Gasteiger partial charge in [-0.25, -0.2) is 0 Å². The maximum absolute atomic E-state index is 10.6. The van der Waals surface area contributed by atoms with Crippen molar-refractivity contribution in [3.63, 3.8) is 0 Å². The lowest BCUT2D eigenvalue weighted by Crippen LogP contribution is -2.39. The molecule has 0 aliphatic carbocycles. The van der Waals surface area contributed by atoms with E-state index in [2.05, 4.69) is 5.32 Å². The number of thiophene rings is 1. The molecule has 0 aromatic carbocycles. The van der Waals surface area contributed by atoms with Crippen LogP contribution < -0.4 is 5.32 Å². The number of aliphatic hydroxyl groups excluding tert-OH is 2. The molecule has 0 aliphatic heterocycles. The van der Waals surface area contributed by atoms with Crippen molar-refractivity contribution in [2.75, 3.05) is 6.54 Å². The zero-order valence-corrected chi connectivity index (χ0v) is 11.1. The van der Waals surface area contributed by atoms with E-state index in [9.17, 15) is 15.0 Å². The van der Waals surface area contributed by atoms with Gasteiger partial charge in [0.25, 0.3) is 0 Å². The van der Waals surface area contributed by atoms with Crippen LogP contribution in [-0.2, 0) is 4.79 Å². The Hall–Kier alpha value is -0.950. The van der Waals surface area contributed by atoms with Crippen molar-refractivity contribution in [3.8, 4) is 0 Å². The van der Waals surface area contributed by atoms with Crippen LogP contribution in [-0.4, -0.2) is 40.0 Å². The fourth-order valence-corrected chi connectivity index (χ4v) is 2.41. The maximum Gasteiger partial charge on any atom is 0.303 e. The summed E-state index contributed by atoms with van der Waals surface area (Å²) in [6, 6.07) is 3.29. The van der Waals surface area contributed by atoms with Crippen LogP contribution in [0.25, 0.3) is 0 Å². The summed E-state index contributed by atoms with van der Waals surface area (Å²) < 4.78 is 0. The van der Waals surface area contributed by atoms with Gasteiger partial charge in [0, 0.05) is 23.9 Å². The number of hydrogen-bond donors (Lipinski definition) is 4. The topological polar surface area (TPSA) is 89.8 Å². The van der Waals surface area contributed by atoms with E-state index in [-0.39, 0.29) is 12.5 Å². The van der Waals surface area contributed by atoms with E-state index in [1.165, 1.54) is 11.3 Å². The molecule has 3 atom stereocenters. The maximum atomic E-state index is 10.6. The molecule has 3 unspecified atom stereocenters. The Morgan fingerprint density at radius 3 is 2.72 bits per heavy atom. The minimum atomic E-state index is -0.891. The fourth-order valence-electron chi connectivity index (χ4n) is 1.63. The van der Waals surface area contributed by atoms with Crippen molar-refractivity contribution in [1.82, 2.24) is 5.32 Å². The molecular formula is C12H19NO4S.